The van der Waals surface area contributed by atoms with Gasteiger partial charge in [0.05, 0.1) is 11.4 Å². The van der Waals surface area contributed by atoms with Crippen molar-refractivity contribution < 1.29 is 12.9 Å². The third-order valence-electron chi connectivity index (χ3n) is 5.10. The predicted octanol–water partition coefficient (Wildman–Crippen LogP) is 5.50. The molecule has 1 heterocycles. The van der Waals surface area contributed by atoms with Gasteiger partial charge in [-0.3, -0.25) is 0 Å². The van der Waals surface area contributed by atoms with Crippen molar-refractivity contribution in [2.75, 3.05) is 0 Å². The zero-order chi connectivity index (χ0) is 21.9. The quantitative estimate of drug-likeness (QED) is 0.455. The highest BCUT2D eigenvalue weighted by atomic mass is 35.5. The van der Waals surface area contributed by atoms with Crippen LogP contribution < -0.4 is 0 Å². The number of aromatic nitrogens is 2. The molecule has 160 valence electrons. The lowest BCUT2D eigenvalue weighted by Crippen LogP contribution is -2.37. The average Bonchev–Trinajstić information content (AvgIpc) is 3.20. The van der Waals surface area contributed by atoms with Gasteiger partial charge < -0.3 is 4.52 Å². The van der Waals surface area contributed by atoms with E-state index < -0.39 is 10.0 Å². The van der Waals surface area contributed by atoms with E-state index in [9.17, 15) is 8.42 Å². The first-order chi connectivity index (χ1) is 14.2. The van der Waals surface area contributed by atoms with Crippen molar-refractivity contribution >= 4 is 21.6 Å². The molecule has 0 fully saturated rings. The molecule has 0 bridgehead atoms. The molecule has 0 unspecified atom stereocenters. The van der Waals surface area contributed by atoms with Crippen LogP contribution in [0.3, 0.4) is 0 Å². The van der Waals surface area contributed by atoms with Crippen LogP contribution in [0.5, 0.6) is 0 Å². The molecule has 0 aliphatic heterocycles. The Labute approximate surface area is 182 Å². The summed E-state index contributed by atoms with van der Waals surface area (Å²) in [6.07, 6.45) is 0.654. The highest BCUT2D eigenvalue weighted by molar-refractivity contribution is 7.89. The van der Waals surface area contributed by atoms with Crippen LogP contribution in [0.2, 0.25) is 5.02 Å². The van der Waals surface area contributed by atoms with Crippen LogP contribution in [-0.4, -0.2) is 28.9 Å². The van der Waals surface area contributed by atoms with Crippen molar-refractivity contribution in [3.05, 3.63) is 65.0 Å². The monoisotopic (exact) mass is 447 g/mol. The van der Waals surface area contributed by atoms with Crippen LogP contribution in [-0.2, 0) is 16.6 Å². The normalized spacial score (nSPS) is 13.2. The average molecular weight is 448 g/mol. The maximum absolute atomic E-state index is 13.4. The van der Waals surface area contributed by atoms with Gasteiger partial charge in [0.25, 0.3) is 0 Å². The molecule has 0 N–H and O–H groups in total. The molecule has 3 aromatic rings. The topological polar surface area (TPSA) is 76.3 Å². The summed E-state index contributed by atoms with van der Waals surface area (Å²) in [7, 11) is -3.73. The van der Waals surface area contributed by atoms with Crippen molar-refractivity contribution in [1.82, 2.24) is 14.4 Å². The number of benzene rings is 2. The Hall–Kier alpha value is -2.22. The number of hydrogen-bond acceptors (Lipinski definition) is 5. The van der Waals surface area contributed by atoms with E-state index in [1.165, 1.54) is 4.31 Å². The Morgan fingerprint density at radius 3 is 2.23 bits per heavy atom. The minimum atomic E-state index is -3.73. The van der Waals surface area contributed by atoms with E-state index in [4.69, 9.17) is 16.1 Å². The third kappa shape index (κ3) is 4.91. The van der Waals surface area contributed by atoms with E-state index in [1.807, 2.05) is 26.0 Å². The summed E-state index contributed by atoms with van der Waals surface area (Å²) in [4.78, 5) is 4.64. The number of rotatable bonds is 8. The summed E-state index contributed by atoms with van der Waals surface area (Å²) in [5.74, 6) is 0.962. The Bertz CT molecular complexity index is 1080. The zero-order valence-corrected chi connectivity index (χ0v) is 19.1. The third-order valence-corrected chi connectivity index (χ3v) is 7.32. The Kier molecular flexibility index (Phi) is 6.95. The van der Waals surface area contributed by atoms with E-state index in [0.29, 0.717) is 23.2 Å². The Balaban J connectivity index is 1.88. The van der Waals surface area contributed by atoms with Gasteiger partial charge >= 0.3 is 0 Å². The van der Waals surface area contributed by atoms with Gasteiger partial charge in [0.1, 0.15) is 0 Å². The lowest BCUT2D eigenvalue weighted by molar-refractivity contribution is 0.273. The molecule has 1 atom stereocenters. The second-order valence-corrected chi connectivity index (χ2v) is 9.88. The molecule has 6 nitrogen and oxygen atoms in total. The van der Waals surface area contributed by atoms with Crippen molar-refractivity contribution in [3.63, 3.8) is 0 Å². The van der Waals surface area contributed by atoms with E-state index in [-0.39, 0.29) is 23.4 Å². The molecule has 1 aromatic heterocycles. The molecule has 30 heavy (non-hydrogen) atoms. The minimum Gasteiger partial charge on any atom is -0.338 e. The van der Waals surface area contributed by atoms with Gasteiger partial charge in [-0.25, -0.2) is 8.42 Å². The fourth-order valence-electron chi connectivity index (χ4n) is 3.01. The lowest BCUT2D eigenvalue weighted by atomic mass is 10.0. The van der Waals surface area contributed by atoms with Gasteiger partial charge in [-0.05, 0) is 61.2 Å². The molecular formula is C22H26ClN3O3S. The number of halogens is 1. The molecule has 0 aliphatic carbocycles. The van der Waals surface area contributed by atoms with Crippen molar-refractivity contribution in [3.8, 4) is 11.4 Å². The number of hydrogen-bond donors (Lipinski definition) is 0. The Morgan fingerprint density at radius 1 is 1.03 bits per heavy atom. The first kappa shape index (κ1) is 22.5. The highest BCUT2D eigenvalue weighted by Crippen LogP contribution is 2.25. The second-order valence-electron chi connectivity index (χ2n) is 7.55. The molecule has 0 aliphatic rings. The SMILES string of the molecule is CC[C@@H](C)N(Cc1nc(-c2ccc(Cl)cc2)no1)S(=O)(=O)c1ccc(C(C)C)cc1. The maximum Gasteiger partial charge on any atom is 0.243 e. The second kappa shape index (κ2) is 9.29. The molecule has 2 aromatic carbocycles. The zero-order valence-electron chi connectivity index (χ0n) is 17.5. The molecule has 0 spiro atoms. The first-order valence-electron chi connectivity index (χ1n) is 9.92. The summed E-state index contributed by atoms with van der Waals surface area (Å²) in [6, 6.07) is 13.9. The van der Waals surface area contributed by atoms with Gasteiger partial charge in [0.2, 0.25) is 21.7 Å². The van der Waals surface area contributed by atoms with Gasteiger partial charge in [-0.15, -0.1) is 0 Å². The van der Waals surface area contributed by atoms with Gasteiger partial charge in [0, 0.05) is 16.6 Å². The Morgan fingerprint density at radius 2 is 1.67 bits per heavy atom. The van der Waals surface area contributed by atoms with Crippen LogP contribution in [0.1, 0.15) is 51.5 Å². The summed E-state index contributed by atoms with van der Waals surface area (Å²) >= 11 is 5.92. The predicted molar refractivity (Wildman–Crippen MR) is 118 cm³/mol. The van der Waals surface area contributed by atoms with E-state index >= 15 is 0 Å². The van der Waals surface area contributed by atoms with E-state index in [2.05, 4.69) is 24.0 Å². The van der Waals surface area contributed by atoms with Crippen LogP contribution in [0.15, 0.2) is 57.9 Å². The smallest absolute Gasteiger partial charge is 0.243 e. The summed E-state index contributed by atoms with van der Waals surface area (Å²) < 4.78 is 33.5. The van der Waals surface area contributed by atoms with Crippen LogP contribution in [0.25, 0.3) is 11.4 Å². The fraction of sp³-hybridized carbons (Fsp3) is 0.364. The van der Waals surface area contributed by atoms with Crippen LogP contribution >= 0.6 is 11.6 Å². The summed E-state index contributed by atoms with van der Waals surface area (Å²) in [6.45, 7) is 7.97. The van der Waals surface area contributed by atoms with E-state index in [1.54, 1.807) is 36.4 Å². The number of sulfonamides is 1. The van der Waals surface area contributed by atoms with Crippen LogP contribution in [0, 0.1) is 0 Å². The largest absolute Gasteiger partial charge is 0.338 e. The molecule has 8 heteroatoms. The van der Waals surface area contributed by atoms with Crippen molar-refractivity contribution in [1.29, 1.82) is 0 Å². The molecule has 0 radical (unpaired) electrons. The lowest BCUT2D eigenvalue weighted by Gasteiger charge is -2.26. The molecule has 0 amide bonds. The number of nitrogens with zero attached hydrogens (tertiary/aromatic N) is 3. The van der Waals surface area contributed by atoms with Gasteiger partial charge in [0.15, 0.2) is 0 Å². The molecule has 3 rings (SSSR count). The van der Waals surface area contributed by atoms with Crippen molar-refractivity contribution in [2.24, 2.45) is 0 Å². The minimum absolute atomic E-state index is 0.00383. The standard InChI is InChI=1S/C22H26ClN3O3S/c1-5-16(4)26(30(27,28)20-12-8-17(9-13-20)15(2)3)14-21-24-22(25-29-21)18-6-10-19(23)11-7-18/h6-13,15-16H,5,14H2,1-4H3/t16-/m1/s1. The first-order valence-corrected chi connectivity index (χ1v) is 11.7. The molecule has 0 saturated carbocycles. The molecular weight excluding hydrogens is 422 g/mol. The van der Waals surface area contributed by atoms with Gasteiger partial charge in [-0.1, -0.05) is 49.7 Å². The van der Waals surface area contributed by atoms with Crippen LogP contribution in [0.4, 0.5) is 0 Å². The highest BCUT2D eigenvalue weighted by Gasteiger charge is 2.30. The summed E-state index contributed by atoms with van der Waals surface area (Å²) in [5, 5.41) is 4.60. The summed E-state index contributed by atoms with van der Waals surface area (Å²) in [5.41, 5.74) is 1.84. The fourth-order valence-corrected chi connectivity index (χ4v) is 4.79. The maximum atomic E-state index is 13.4. The van der Waals surface area contributed by atoms with Crippen molar-refractivity contribution in [2.45, 2.75) is 57.5 Å². The molecule has 0 saturated heterocycles. The van der Waals surface area contributed by atoms with E-state index in [0.717, 1.165) is 11.1 Å². The van der Waals surface area contributed by atoms with Gasteiger partial charge in [-0.2, -0.15) is 9.29 Å².